The first-order valence-corrected chi connectivity index (χ1v) is 12.1. The molecule has 0 aromatic heterocycles. The summed E-state index contributed by atoms with van der Waals surface area (Å²) >= 11 is 0. The van der Waals surface area contributed by atoms with Gasteiger partial charge in [-0.3, -0.25) is 0 Å². The predicted molar refractivity (Wildman–Crippen MR) is 137 cm³/mol. The number of fused-ring (bicyclic) bond motifs is 1. The van der Waals surface area contributed by atoms with Crippen molar-refractivity contribution in [2.75, 3.05) is 41.4 Å². The highest BCUT2D eigenvalue weighted by atomic mass is 19.1. The molecule has 0 bridgehead atoms. The molecule has 2 aliphatic heterocycles. The molecule has 0 aliphatic carbocycles. The molecule has 3 aromatic carbocycles. The number of hydrogen-bond donors (Lipinski definition) is 1. The molecule has 2 aliphatic rings. The van der Waals surface area contributed by atoms with Crippen LogP contribution in [-0.2, 0) is 21.7 Å². The van der Waals surface area contributed by atoms with E-state index in [9.17, 15) is 14.3 Å². The highest BCUT2D eigenvalue weighted by Gasteiger charge is 2.48. The lowest BCUT2D eigenvalue weighted by molar-refractivity contribution is -0.185. The number of carbonyl (C=O) groups excluding carboxylic acids is 1. The molecule has 0 amide bonds. The van der Waals surface area contributed by atoms with Gasteiger partial charge in [-0.2, -0.15) is 0 Å². The Balaban J connectivity index is 1.64. The molecule has 0 fully saturated rings. The average molecular weight is 539 g/mol. The number of carbonyl (C=O) groups is 1. The van der Waals surface area contributed by atoms with Crippen LogP contribution in [0.5, 0.6) is 34.5 Å². The maximum absolute atomic E-state index is 13.4. The van der Waals surface area contributed by atoms with Crippen LogP contribution in [0, 0.1) is 0 Å². The highest BCUT2D eigenvalue weighted by molar-refractivity contribution is 6.20. The fraction of sp³-hybridized carbons (Fsp3) is 0.276. The Labute approximate surface area is 224 Å². The summed E-state index contributed by atoms with van der Waals surface area (Å²) in [4.78, 5) is 13.4. The molecule has 0 spiro atoms. The van der Waals surface area contributed by atoms with Gasteiger partial charge in [0.25, 0.3) is 5.79 Å². The van der Waals surface area contributed by atoms with Gasteiger partial charge in [0.2, 0.25) is 12.5 Å². The van der Waals surface area contributed by atoms with Crippen LogP contribution >= 0.6 is 0 Å². The number of cyclic esters (lactones) is 1. The van der Waals surface area contributed by atoms with Gasteiger partial charge in [-0.1, -0.05) is 6.07 Å². The molecule has 3 aromatic rings. The van der Waals surface area contributed by atoms with Crippen LogP contribution in [0.1, 0.15) is 16.7 Å². The lowest BCUT2D eigenvalue weighted by Crippen LogP contribution is -2.29. The summed E-state index contributed by atoms with van der Waals surface area (Å²) in [7, 11) is 4.51. The van der Waals surface area contributed by atoms with Crippen LogP contribution in [0.25, 0.3) is 5.57 Å². The third kappa shape index (κ3) is 4.79. The van der Waals surface area contributed by atoms with Gasteiger partial charge in [0, 0.05) is 17.6 Å². The van der Waals surface area contributed by atoms with Crippen molar-refractivity contribution in [1.82, 2.24) is 0 Å². The first-order valence-electron chi connectivity index (χ1n) is 12.1. The van der Waals surface area contributed by atoms with Crippen molar-refractivity contribution in [3.8, 4) is 34.5 Å². The molecule has 1 N–H and O–H groups in total. The topological polar surface area (TPSA) is 102 Å². The molecule has 0 saturated carbocycles. The number of halogens is 1. The van der Waals surface area contributed by atoms with E-state index in [4.69, 9.17) is 33.2 Å². The first-order chi connectivity index (χ1) is 18.9. The van der Waals surface area contributed by atoms with E-state index >= 15 is 0 Å². The van der Waals surface area contributed by atoms with Gasteiger partial charge in [-0.15, -0.1) is 0 Å². The maximum atomic E-state index is 13.4. The molecule has 0 saturated heterocycles. The summed E-state index contributed by atoms with van der Waals surface area (Å²) in [6.45, 7) is -0.662. The van der Waals surface area contributed by atoms with Gasteiger partial charge in [0.05, 0.1) is 26.9 Å². The number of methoxy groups -OCH3 is 3. The third-order valence-electron chi connectivity index (χ3n) is 6.51. The number of rotatable bonds is 10. The van der Waals surface area contributed by atoms with Gasteiger partial charge in [0.1, 0.15) is 19.0 Å². The van der Waals surface area contributed by atoms with Crippen molar-refractivity contribution in [2.45, 2.75) is 12.2 Å². The zero-order valence-electron chi connectivity index (χ0n) is 21.6. The fourth-order valence-electron chi connectivity index (χ4n) is 4.70. The van der Waals surface area contributed by atoms with Gasteiger partial charge in [-0.05, 0) is 59.7 Å². The molecule has 39 heavy (non-hydrogen) atoms. The summed E-state index contributed by atoms with van der Waals surface area (Å²) < 4.78 is 50.9. The summed E-state index contributed by atoms with van der Waals surface area (Å²) in [6.07, 6.45) is 0.0861. The van der Waals surface area contributed by atoms with Crippen molar-refractivity contribution >= 4 is 11.5 Å². The van der Waals surface area contributed by atoms with Crippen molar-refractivity contribution in [3.05, 3.63) is 76.9 Å². The molecule has 2 heterocycles. The Morgan fingerprint density at radius 2 is 1.62 bits per heavy atom. The minimum atomic E-state index is -2.11. The standard InChI is InChI=1S/C29H27FO9/c1-33-24-13-17(14-25(34-2)27(24)35-3)12-21-26(18-4-9-22-23(15-18)38-16-37-22)28(31)39-29(21,32)19-5-7-20(8-6-19)36-11-10-30/h4-9,13-15,32H,10-12,16H2,1-3H3. The maximum Gasteiger partial charge on any atom is 0.342 e. The lowest BCUT2D eigenvalue weighted by Gasteiger charge is -2.26. The number of esters is 1. The summed E-state index contributed by atoms with van der Waals surface area (Å²) in [6, 6.07) is 14.8. The van der Waals surface area contributed by atoms with E-state index in [1.54, 1.807) is 54.6 Å². The van der Waals surface area contributed by atoms with Crippen LogP contribution in [0.3, 0.4) is 0 Å². The van der Waals surface area contributed by atoms with E-state index in [1.807, 2.05) is 0 Å². The summed E-state index contributed by atoms with van der Waals surface area (Å²) in [5, 5.41) is 12.0. The number of hydrogen-bond acceptors (Lipinski definition) is 9. The molecule has 5 rings (SSSR count). The van der Waals surface area contributed by atoms with Gasteiger partial charge >= 0.3 is 5.97 Å². The fourth-order valence-corrected chi connectivity index (χ4v) is 4.70. The molecule has 1 atom stereocenters. The largest absolute Gasteiger partial charge is 0.493 e. The quantitative estimate of drug-likeness (QED) is 0.381. The number of benzene rings is 3. The summed E-state index contributed by atoms with van der Waals surface area (Å²) in [5.41, 5.74) is 1.92. The zero-order chi connectivity index (χ0) is 27.6. The minimum absolute atomic E-state index is 0.0708. The Bertz CT molecular complexity index is 1390. The molecule has 9 nitrogen and oxygen atoms in total. The van der Waals surface area contributed by atoms with Gasteiger partial charge < -0.3 is 38.3 Å². The van der Waals surface area contributed by atoms with Crippen LogP contribution in [0.15, 0.2) is 60.2 Å². The van der Waals surface area contributed by atoms with E-state index in [-0.39, 0.29) is 31.0 Å². The lowest BCUT2D eigenvalue weighted by atomic mass is 9.88. The van der Waals surface area contributed by atoms with E-state index in [0.29, 0.717) is 51.2 Å². The van der Waals surface area contributed by atoms with Crippen LogP contribution in [0.2, 0.25) is 0 Å². The second kappa shape index (κ2) is 10.7. The number of ether oxygens (including phenoxy) is 7. The molecule has 10 heteroatoms. The predicted octanol–water partition coefficient (Wildman–Crippen LogP) is 4.19. The van der Waals surface area contributed by atoms with Crippen LogP contribution < -0.4 is 28.4 Å². The van der Waals surface area contributed by atoms with Crippen LogP contribution in [-0.4, -0.2) is 52.5 Å². The Hall–Kier alpha value is -4.44. The molecule has 1 unspecified atom stereocenters. The smallest absolute Gasteiger partial charge is 0.342 e. The molecule has 0 radical (unpaired) electrons. The Morgan fingerprint density at radius 1 is 0.923 bits per heavy atom. The normalized spacial score (nSPS) is 17.7. The third-order valence-corrected chi connectivity index (χ3v) is 6.51. The van der Waals surface area contributed by atoms with Crippen LogP contribution in [0.4, 0.5) is 4.39 Å². The Morgan fingerprint density at radius 3 is 2.26 bits per heavy atom. The van der Waals surface area contributed by atoms with Crippen molar-refractivity contribution < 1.29 is 47.4 Å². The summed E-state index contributed by atoms with van der Waals surface area (Å²) in [5.74, 6) is -0.137. The number of aliphatic hydroxyl groups is 1. The number of alkyl halides is 1. The van der Waals surface area contributed by atoms with Crippen molar-refractivity contribution in [3.63, 3.8) is 0 Å². The SMILES string of the molecule is COc1cc(CC2=C(c3ccc4c(c3)OCO4)C(=O)OC2(O)c2ccc(OCCF)cc2)cc(OC)c1OC. The Kier molecular flexibility index (Phi) is 7.21. The van der Waals surface area contributed by atoms with Gasteiger partial charge in [-0.25, -0.2) is 9.18 Å². The second-order valence-electron chi connectivity index (χ2n) is 8.73. The molecular weight excluding hydrogens is 511 g/mol. The highest BCUT2D eigenvalue weighted by Crippen LogP contribution is 2.47. The zero-order valence-corrected chi connectivity index (χ0v) is 21.6. The first kappa shape index (κ1) is 26.2. The average Bonchev–Trinajstić information content (AvgIpc) is 3.52. The van der Waals surface area contributed by atoms with E-state index in [1.165, 1.54) is 21.3 Å². The van der Waals surface area contributed by atoms with E-state index in [0.717, 1.165) is 0 Å². The van der Waals surface area contributed by atoms with E-state index < -0.39 is 18.4 Å². The monoisotopic (exact) mass is 538 g/mol. The second-order valence-corrected chi connectivity index (χ2v) is 8.73. The van der Waals surface area contributed by atoms with E-state index in [2.05, 4.69) is 0 Å². The van der Waals surface area contributed by atoms with Crippen molar-refractivity contribution in [2.24, 2.45) is 0 Å². The molecule has 204 valence electrons. The van der Waals surface area contributed by atoms with Gasteiger partial charge in [0.15, 0.2) is 23.0 Å². The van der Waals surface area contributed by atoms with Crippen molar-refractivity contribution in [1.29, 1.82) is 0 Å². The minimum Gasteiger partial charge on any atom is -0.493 e. The molecular formula is C29H27FO9.